The van der Waals surface area contributed by atoms with Gasteiger partial charge in [-0.25, -0.2) is 4.39 Å². The number of rotatable bonds is 3. The lowest BCUT2D eigenvalue weighted by Gasteiger charge is -2.24. The zero-order valence-corrected chi connectivity index (χ0v) is 12.0. The fourth-order valence-corrected chi connectivity index (χ4v) is 1.98. The average Bonchev–Trinajstić information content (AvgIpc) is 2.39. The van der Waals surface area contributed by atoms with Gasteiger partial charge >= 0.3 is 0 Å². The predicted molar refractivity (Wildman–Crippen MR) is 79.5 cm³/mol. The molecule has 0 aliphatic rings. The van der Waals surface area contributed by atoms with Crippen LogP contribution in [0.25, 0.3) is 0 Å². The molecule has 2 nitrogen and oxygen atoms in total. The van der Waals surface area contributed by atoms with E-state index in [4.69, 9.17) is 11.6 Å². The lowest BCUT2D eigenvalue weighted by atomic mass is 9.83. The molecule has 0 bridgehead atoms. The Morgan fingerprint density at radius 1 is 1.15 bits per heavy atom. The Bertz CT molecular complexity index is 623. The summed E-state index contributed by atoms with van der Waals surface area (Å²) in [7, 11) is 0. The molecule has 2 aromatic carbocycles. The van der Waals surface area contributed by atoms with Crippen molar-refractivity contribution in [2.24, 2.45) is 0 Å². The fourth-order valence-electron chi connectivity index (χ4n) is 1.85. The molecule has 104 valence electrons. The van der Waals surface area contributed by atoms with Crippen LogP contribution in [-0.4, -0.2) is 5.91 Å². The van der Waals surface area contributed by atoms with Crippen LogP contribution in [0.15, 0.2) is 48.5 Å². The maximum Gasteiger partial charge on any atom is 0.234 e. The number of amides is 1. The quantitative estimate of drug-likeness (QED) is 0.892. The highest BCUT2D eigenvalue weighted by molar-refractivity contribution is 6.30. The Balaban J connectivity index is 2.21. The average molecular weight is 292 g/mol. The Hall–Kier alpha value is -1.87. The summed E-state index contributed by atoms with van der Waals surface area (Å²) < 4.78 is 13.1. The van der Waals surface area contributed by atoms with Crippen molar-refractivity contribution in [1.29, 1.82) is 0 Å². The highest BCUT2D eigenvalue weighted by Crippen LogP contribution is 2.26. The van der Waals surface area contributed by atoms with Crippen LogP contribution in [0.5, 0.6) is 0 Å². The molecule has 0 aliphatic carbocycles. The smallest absolute Gasteiger partial charge is 0.234 e. The second-order valence-corrected chi connectivity index (χ2v) is 5.53. The third-order valence-electron chi connectivity index (χ3n) is 3.22. The van der Waals surface area contributed by atoms with Gasteiger partial charge in [0.05, 0.1) is 5.41 Å². The van der Waals surface area contributed by atoms with E-state index in [-0.39, 0.29) is 11.7 Å². The molecule has 0 unspecified atom stereocenters. The Morgan fingerprint density at radius 3 is 2.40 bits per heavy atom. The molecule has 0 saturated heterocycles. The molecule has 0 aliphatic heterocycles. The van der Waals surface area contributed by atoms with Crippen molar-refractivity contribution >= 4 is 23.2 Å². The van der Waals surface area contributed by atoms with Crippen LogP contribution in [0.4, 0.5) is 10.1 Å². The third-order valence-corrected chi connectivity index (χ3v) is 3.47. The van der Waals surface area contributed by atoms with Crippen molar-refractivity contribution in [1.82, 2.24) is 0 Å². The molecule has 20 heavy (non-hydrogen) atoms. The van der Waals surface area contributed by atoms with E-state index in [1.807, 2.05) is 26.0 Å². The SMILES string of the molecule is CC(C)(C(=O)Nc1cccc(F)c1)c1ccc(Cl)cc1. The van der Waals surface area contributed by atoms with Gasteiger partial charge in [0.15, 0.2) is 0 Å². The van der Waals surface area contributed by atoms with Gasteiger partial charge in [0.25, 0.3) is 0 Å². The van der Waals surface area contributed by atoms with Gasteiger partial charge in [-0.15, -0.1) is 0 Å². The molecular formula is C16H15ClFNO. The maximum atomic E-state index is 13.1. The van der Waals surface area contributed by atoms with Crippen molar-refractivity contribution in [2.45, 2.75) is 19.3 Å². The minimum Gasteiger partial charge on any atom is -0.325 e. The molecule has 0 spiro atoms. The van der Waals surface area contributed by atoms with Gasteiger partial charge in [0.1, 0.15) is 5.82 Å². The summed E-state index contributed by atoms with van der Waals surface area (Å²) in [5.74, 6) is -0.586. The second-order valence-electron chi connectivity index (χ2n) is 5.10. The van der Waals surface area contributed by atoms with Crippen LogP contribution >= 0.6 is 11.6 Å². The number of halogens is 2. The highest BCUT2D eigenvalue weighted by Gasteiger charge is 2.29. The normalized spacial score (nSPS) is 11.2. The van der Waals surface area contributed by atoms with Gasteiger partial charge < -0.3 is 5.32 Å². The van der Waals surface area contributed by atoms with Crippen molar-refractivity contribution in [3.63, 3.8) is 0 Å². The zero-order valence-electron chi connectivity index (χ0n) is 11.3. The summed E-state index contributed by atoms with van der Waals surface area (Å²) in [5, 5.41) is 3.34. The number of hydrogen-bond donors (Lipinski definition) is 1. The van der Waals surface area contributed by atoms with Crippen molar-refractivity contribution in [2.75, 3.05) is 5.32 Å². The van der Waals surface area contributed by atoms with Gasteiger partial charge in [0.2, 0.25) is 5.91 Å². The number of anilines is 1. The van der Waals surface area contributed by atoms with E-state index in [1.165, 1.54) is 12.1 Å². The molecule has 0 aromatic heterocycles. The summed E-state index contributed by atoms with van der Waals surface area (Å²) in [6.45, 7) is 3.62. The predicted octanol–water partition coefficient (Wildman–Crippen LogP) is 4.40. The van der Waals surface area contributed by atoms with Crippen LogP contribution < -0.4 is 5.32 Å². The summed E-state index contributed by atoms with van der Waals surface area (Å²) >= 11 is 5.85. The van der Waals surface area contributed by atoms with E-state index in [2.05, 4.69) is 5.32 Å². The lowest BCUT2D eigenvalue weighted by molar-refractivity contribution is -0.120. The van der Waals surface area contributed by atoms with Gasteiger partial charge in [-0.2, -0.15) is 0 Å². The monoisotopic (exact) mass is 291 g/mol. The second kappa shape index (κ2) is 5.63. The van der Waals surface area contributed by atoms with Crippen LogP contribution in [-0.2, 0) is 10.2 Å². The maximum absolute atomic E-state index is 13.1. The molecule has 1 amide bonds. The van der Waals surface area contributed by atoms with Gasteiger partial charge in [0, 0.05) is 10.7 Å². The first kappa shape index (κ1) is 14.5. The van der Waals surface area contributed by atoms with Crippen molar-refractivity contribution in [3.05, 3.63) is 64.9 Å². The molecule has 0 radical (unpaired) electrons. The van der Waals surface area contributed by atoms with Crippen LogP contribution in [0.2, 0.25) is 5.02 Å². The van der Waals surface area contributed by atoms with Crippen LogP contribution in [0.3, 0.4) is 0 Å². The van der Waals surface area contributed by atoms with Gasteiger partial charge in [-0.1, -0.05) is 29.8 Å². The first-order chi connectivity index (χ1) is 9.39. The molecule has 0 atom stereocenters. The third kappa shape index (κ3) is 3.17. The topological polar surface area (TPSA) is 29.1 Å². The standard InChI is InChI=1S/C16H15ClFNO/c1-16(2,11-6-8-12(17)9-7-11)15(20)19-14-5-3-4-13(18)10-14/h3-10H,1-2H3,(H,19,20). The summed E-state index contributed by atoms with van der Waals surface area (Å²) in [6, 6.07) is 12.9. The summed E-state index contributed by atoms with van der Waals surface area (Å²) in [4.78, 5) is 12.4. The minimum atomic E-state index is -0.739. The molecule has 0 fully saturated rings. The molecule has 2 rings (SSSR count). The van der Waals surface area contributed by atoms with E-state index < -0.39 is 5.41 Å². The summed E-state index contributed by atoms with van der Waals surface area (Å²) in [6.07, 6.45) is 0. The summed E-state index contributed by atoms with van der Waals surface area (Å²) in [5.41, 5.74) is 0.546. The Morgan fingerprint density at radius 2 is 1.80 bits per heavy atom. The van der Waals surface area contributed by atoms with Crippen LogP contribution in [0, 0.1) is 5.82 Å². The highest BCUT2D eigenvalue weighted by atomic mass is 35.5. The minimum absolute atomic E-state index is 0.203. The van der Waals surface area contributed by atoms with Crippen LogP contribution in [0.1, 0.15) is 19.4 Å². The number of carbonyl (C=O) groups excluding carboxylic acids is 1. The molecule has 0 heterocycles. The first-order valence-electron chi connectivity index (χ1n) is 6.22. The molecule has 1 N–H and O–H groups in total. The lowest BCUT2D eigenvalue weighted by Crippen LogP contribution is -2.34. The van der Waals surface area contributed by atoms with E-state index in [0.29, 0.717) is 10.7 Å². The Kier molecular flexibility index (Phi) is 4.09. The first-order valence-corrected chi connectivity index (χ1v) is 6.60. The van der Waals surface area contributed by atoms with E-state index >= 15 is 0 Å². The molecule has 0 saturated carbocycles. The van der Waals surface area contributed by atoms with Gasteiger partial charge in [-0.3, -0.25) is 4.79 Å². The van der Waals surface area contributed by atoms with E-state index in [0.717, 1.165) is 5.56 Å². The van der Waals surface area contributed by atoms with Gasteiger partial charge in [-0.05, 0) is 49.7 Å². The number of nitrogens with one attached hydrogen (secondary N) is 1. The Labute approximate surface area is 122 Å². The largest absolute Gasteiger partial charge is 0.325 e. The van der Waals surface area contributed by atoms with Crippen molar-refractivity contribution < 1.29 is 9.18 Å². The molecule has 2 aromatic rings. The van der Waals surface area contributed by atoms with E-state index in [9.17, 15) is 9.18 Å². The molecular weight excluding hydrogens is 277 g/mol. The molecule has 4 heteroatoms. The zero-order chi connectivity index (χ0) is 14.8. The number of hydrogen-bond acceptors (Lipinski definition) is 1. The number of benzene rings is 2. The number of carbonyl (C=O) groups is 1. The van der Waals surface area contributed by atoms with E-state index in [1.54, 1.807) is 24.3 Å². The van der Waals surface area contributed by atoms with Crippen molar-refractivity contribution in [3.8, 4) is 0 Å². The fraction of sp³-hybridized carbons (Fsp3) is 0.188.